The Labute approximate surface area is 176 Å². The number of nitrogens with zero attached hydrogens (tertiary/aromatic N) is 5. The van der Waals surface area contributed by atoms with Crippen molar-refractivity contribution in [3.8, 4) is 33.8 Å². The zero-order valence-electron chi connectivity index (χ0n) is 15.9. The highest BCUT2D eigenvalue weighted by molar-refractivity contribution is 5.81. The Kier molecular flexibility index (Phi) is 5.33. The minimum Gasteiger partial charge on any atom is -0.265 e. The van der Waals surface area contributed by atoms with Crippen LogP contribution in [0, 0.1) is 0 Å². The number of halogens is 6. The lowest BCUT2D eigenvalue weighted by molar-refractivity contribution is -0.141. The van der Waals surface area contributed by atoms with E-state index in [9.17, 15) is 26.3 Å². The van der Waals surface area contributed by atoms with Crippen molar-refractivity contribution in [3.05, 3.63) is 78.8 Å². The van der Waals surface area contributed by atoms with Gasteiger partial charge in [-0.2, -0.15) is 26.3 Å². The third kappa shape index (κ3) is 4.41. The first kappa shape index (κ1) is 21.3. The Hall–Kier alpha value is -3.89. The lowest BCUT2D eigenvalue weighted by atomic mass is 10.0. The number of hydrogen-bond acceptors (Lipinski definition) is 5. The molecule has 0 aliphatic heterocycles. The molecule has 0 spiro atoms. The number of pyridine rings is 3. The van der Waals surface area contributed by atoms with Crippen LogP contribution in [0.25, 0.3) is 33.8 Å². The first-order valence-corrected chi connectivity index (χ1v) is 8.97. The lowest BCUT2D eigenvalue weighted by Gasteiger charge is -2.12. The van der Waals surface area contributed by atoms with Crippen molar-refractivity contribution in [2.45, 2.75) is 12.4 Å². The van der Waals surface area contributed by atoms with Gasteiger partial charge >= 0.3 is 12.4 Å². The molecule has 0 aromatic carbocycles. The molecule has 0 unspecified atom stereocenters. The normalized spacial score (nSPS) is 12.1. The quantitative estimate of drug-likeness (QED) is 0.377. The molecule has 4 aromatic heterocycles. The minimum absolute atomic E-state index is 0.0546. The molecule has 5 nitrogen and oxygen atoms in total. The summed E-state index contributed by atoms with van der Waals surface area (Å²) >= 11 is 0. The number of rotatable bonds is 3. The Bertz CT molecular complexity index is 1220. The summed E-state index contributed by atoms with van der Waals surface area (Å²) < 4.78 is 77.0. The minimum atomic E-state index is -4.60. The van der Waals surface area contributed by atoms with Gasteiger partial charge in [0.25, 0.3) is 0 Å². The van der Waals surface area contributed by atoms with Crippen LogP contribution in [0.3, 0.4) is 0 Å². The third-order valence-corrected chi connectivity index (χ3v) is 4.42. The van der Waals surface area contributed by atoms with Crippen molar-refractivity contribution < 1.29 is 26.3 Å². The van der Waals surface area contributed by atoms with E-state index in [0.29, 0.717) is 11.1 Å². The van der Waals surface area contributed by atoms with Crippen molar-refractivity contribution in [3.63, 3.8) is 0 Å². The van der Waals surface area contributed by atoms with Crippen molar-refractivity contribution in [1.82, 2.24) is 24.9 Å². The van der Waals surface area contributed by atoms with Crippen LogP contribution in [0.4, 0.5) is 26.3 Å². The van der Waals surface area contributed by atoms with E-state index >= 15 is 0 Å². The maximum Gasteiger partial charge on any atom is 0.433 e. The fourth-order valence-corrected chi connectivity index (χ4v) is 2.88. The molecule has 0 bridgehead atoms. The van der Waals surface area contributed by atoms with Crippen molar-refractivity contribution in [1.29, 1.82) is 0 Å². The van der Waals surface area contributed by atoms with Gasteiger partial charge in [0.1, 0.15) is 11.4 Å². The molecule has 4 aromatic rings. The van der Waals surface area contributed by atoms with E-state index in [0.717, 1.165) is 24.5 Å². The molecule has 4 heterocycles. The van der Waals surface area contributed by atoms with Gasteiger partial charge in [-0.05, 0) is 42.0 Å². The van der Waals surface area contributed by atoms with Gasteiger partial charge in [-0.15, -0.1) is 0 Å². The summed E-state index contributed by atoms with van der Waals surface area (Å²) in [5.41, 5.74) is -0.268. The van der Waals surface area contributed by atoms with Crippen LogP contribution in [0.1, 0.15) is 11.4 Å². The molecule has 0 radical (unpaired) electrons. The molecule has 0 saturated heterocycles. The Balaban J connectivity index is 1.82. The fourth-order valence-electron chi connectivity index (χ4n) is 2.88. The molecule has 4 rings (SSSR count). The van der Waals surface area contributed by atoms with Crippen molar-refractivity contribution in [2.24, 2.45) is 0 Å². The van der Waals surface area contributed by atoms with E-state index in [1.54, 1.807) is 12.1 Å². The van der Waals surface area contributed by atoms with Crippen LogP contribution >= 0.6 is 0 Å². The maximum absolute atomic E-state index is 12.9. The number of aromatic nitrogens is 5. The van der Waals surface area contributed by atoms with E-state index < -0.39 is 23.7 Å². The van der Waals surface area contributed by atoms with E-state index in [4.69, 9.17) is 0 Å². The Morgan fingerprint density at radius 1 is 0.562 bits per heavy atom. The van der Waals surface area contributed by atoms with E-state index in [2.05, 4.69) is 24.9 Å². The van der Waals surface area contributed by atoms with Crippen LogP contribution in [-0.2, 0) is 12.4 Å². The van der Waals surface area contributed by atoms with Gasteiger partial charge in [-0.25, -0.2) is 9.97 Å². The summed E-state index contributed by atoms with van der Waals surface area (Å²) in [5.74, 6) is 0.0546. The second-order valence-electron chi connectivity index (χ2n) is 6.55. The Morgan fingerprint density at radius 2 is 1.12 bits per heavy atom. The SMILES string of the molecule is FC(F)(F)c1ccc(-c2ncc(-c3ccncc3)c(-c3ccc(C(F)(F)F)nc3)n2)cn1. The fraction of sp³-hybridized carbons (Fsp3) is 0.0952. The topological polar surface area (TPSA) is 64.5 Å². The average molecular weight is 447 g/mol. The largest absolute Gasteiger partial charge is 0.433 e. The summed E-state index contributed by atoms with van der Waals surface area (Å²) in [6, 6.07) is 7.35. The highest BCUT2D eigenvalue weighted by atomic mass is 19.4. The lowest BCUT2D eigenvalue weighted by Crippen LogP contribution is -2.08. The van der Waals surface area contributed by atoms with Gasteiger partial charge in [0.05, 0.1) is 5.69 Å². The van der Waals surface area contributed by atoms with Crippen molar-refractivity contribution in [2.75, 3.05) is 0 Å². The molecule has 0 atom stereocenters. The predicted octanol–water partition coefficient (Wildman–Crippen LogP) is 5.70. The summed E-state index contributed by atoms with van der Waals surface area (Å²) in [6.45, 7) is 0. The van der Waals surface area contributed by atoms with E-state index in [1.807, 2.05) is 0 Å². The average Bonchev–Trinajstić information content (AvgIpc) is 2.78. The van der Waals surface area contributed by atoms with Crippen LogP contribution in [-0.4, -0.2) is 24.9 Å². The van der Waals surface area contributed by atoms with Gasteiger partial charge < -0.3 is 0 Å². The van der Waals surface area contributed by atoms with Crippen LogP contribution in [0.2, 0.25) is 0 Å². The van der Waals surface area contributed by atoms with Gasteiger partial charge in [0.15, 0.2) is 5.82 Å². The maximum atomic E-state index is 12.9. The Morgan fingerprint density at radius 3 is 1.62 bits per heavy atom. The standard InChI is InChI=1S/C21H11F6N5/c22-20(23,24)16-3-1-13(9-29-16)18-15(12-5-7-28-8-6-12)11-31-19(32-18)14-2-4-17(30-10-14)21(25,26)27/h1-11H. The summed E-state index contributed by atoms with van der Waals surface area (Å²) in [5, 5.41) is 0. The zero-order chi connectivity index (χ0) is 22.9. The van der Waals surface area contributed by atoms with Gasteiger partial charge in [0, 0.05) is 47.7 Å². The highest BCUT2D eigenvalue weighted by Crippen LogP contribution is 2.34. The van der Waals surface area contributed by atoms with Crippen LogP contribution in [0.15, 0.2) is 67.4 Å². The van der Waals surface area contributed by atoms with E-state index in [-0.39, 0.29) is 22.6 Å². The second-order valence-corrected chi connectivity index (χ2v) is 6.55. The molecule has 0 N–H and O–H groups in total. The smallest absolute Gasteiger partial charge is 0.265 e. The van der Waals surface area contributed by atoms with Gasteiger partial charge in [-0.1, -0.05) is 0 Å². The molecule has 0 aliphatic rings. The van der Waals surface area contributed by atoms with Crippen LogP contribution < -0.4 is 0 Å². The van der Waals surface area contributed by atoms with Crippen molar-refractivity contribution >= 4 is 0 Å². The monoisotopic (exact) mass is 447 g/mol. The molecule has 162 valence electrons. The highest BCUT2D eigenvalue weighted by Gasteiger charge is 2.33. The zero-order valence-corrected chi connectivity index (χ0v) is 15.9. The molecule has 0 saturated carbocycles. The summed E-state index contributed by atoms with van der Waals surface area (Å²) in [4.78, 5) is 19.4. The molecule has 11 heteroatoms. The summed E-state index contributed by atoms with van der Waals surface area (Å²) in [7, 11) is 0. The molecule has 0 aliphatic carbocycles. The molecule has 0 amide bonds. The second kappa shape index (κ2) is 7.98. The third-order valence-electron chi connectivity index (χ3n) is 4.42. The molecular weight excluding hydrogens is 436 g/mol. The van der Waals surface area contributed by atoms with Crippen LogP contribution in [0.5, 0.6) is 0 Å². The molecule has 32 heavy (non-hydrogen) atoms. The molecular formula is C21H11F6N5. The first-order chi connectivity index (χ1) is 15.1. The predicted molar refractivity (Wildman–Crippen MR) is 102 cm³/mol. The van der Waals surface area contributed by atoms with Gasteiger partial charge in [0.2, 0.25) is 0 Å². The number of alkyl halides is 6. The summed E-state index contributed by atoms with van der Waals surface area (Å²) in [6.07, 6.45) is -2.70. The van der Waals surface area contributed by atoms with E-state index in [1.165, 1.54) is 30.7 Å². The van der Waals surface area contributed by atoms with Gasteiger partial charge in [-0.3, -0.25) is 15.0 Å². The number of hydrogen-bond donors (Lipinski definition) is 0. The molecule has 0 fully saturated rings. The first-order valence-electron chi connectivity index (χ1n) is 8.97.